The van der Waals surface area contributed by atoms with Gasteiger partial charge in [0, 0.05) is 67.3 Å². The van der Waals surface area contributed by atoms with E-state index in [2.05, 4.69) is 25.2 Å². The van der Waals surface area contributed by atoms with E-state index in [0.717, 1.165) is 31.9 Å². The summed E-state index contributed by atoms with van der Waals surface area (Å²) in [6.07, 6.45) is 1.57. The molecule has 1 aliphatic heterocycles. The van der Waals surface area contributed by atoms with Gasteiger partial charge in [0.15, 0.2) is 11.5 Å². The van der Waals surface area contributed by atoms with Crippen LogP contribution in [0.3, 0.4) is 0 Å². The average Bonchev–Trinajstić information content (AvgIpc) is 2.79. The number of piperazine rings is 1. The number of carboxylic acid groups (broad SMARTS) is 1. The van der Waals surface area contributed by atoms with Crippen LogP contribution in [-0.2, 0) is 0 Å². The van der Waals surface area contributed by atoms with Gasteiger partial charge in [0.2, 0.25) is 0 Å². The van der Waals surface area contributed by atoms with Crippen molar-refractivity contribution in [1.29, 1.82) is 0 Å². The Balaban J connectivity index is 1.90. The van der Waals surface area contributed by atoms with E-state index in [1.54, 1.807) is 32.3 Å². The van der Waals surface area contributed by atoms with Crippen LogP contribution in [0, 0.1) is 6.92 Å². The molecule has 0 spiro atoms. The molecule has 1 aliphatic rings. The van der Waals surface area contributed by atoms with Crippen molar-refractivity contribution in [2.75, 3.05) is 43.9 Å². The van der Waals surface area contributed by atoms with Crippen LogP contribution in [0.2, 0.25) is 0 Å². The van der Waals surface area contributed by atoms with Crippen molar-refractivity contribution in [2.45, 2.75) is 6.92 Å². The third-order valence-electron chi connectivity index (χ3n) is 5.50. The smallest absolute Gasteiger partial charge is 0.355 e. The number of carbonyl (C=O) groups is 1. The number of benzene rings is 2. The second-order valence-corrected chi connectivity index (χ2v) is 7.43. The van der Waals surface area contributed by atoms with Crippen molar-refractivity contribution in [2.24, 2.45) is 4.99 Å². The van der Waals surface area contributed by atoms with Gasteiger partial charge in [-0.25, -0.2) is 14.8 Å². The molecular formula is C22H24N6O3. The maximum absolute atomic E-state index is 12.0. The highest BCUT2D eigenvalue weighted by Crippen LogP contribution is 2.36. The van der Waals surface area contributed by atoms with Crippen molar-refractivity contribution in [3.05, 3.63) is 41.1 Å². The zero-order chi connectivity index (χ0) is 22.1. The Morgan fingerprint density at radius 1 is 1.26 bits per heavy atom. The van der Waals surface area contributed by atoms with Crippen LogP contribution in [0.25, 0.3) is 22.3 Å². The Morgan fingerprint density at radius 3 is 2.68 bits per heavy atom. The summed E-state index contributed by atoms with van der Waals surface area (Å²) >= 11 is 0. The normalized spacial score (nSPS) is 14.5. The first-order chi connectivity index (χ1) is 14.9. The van der Waals surface area contributed by atoms with Crippen LogP contribution in [0.1, 0.15) is 21.6 Å². The Kier molecular flexibility index (Phi) is 5.43. The minimum atomic E-state index is -1.16. The van der Waals surface area contributed by atoms with E-state index in [1.165, 1.54) is 0 Å². The molecule has 9 nitrogen and oxygen atoms in total. The van der Waals surface area contributed by atoms with Crippen LogP contribution in [-0.4, -0.2) is 65.6 Å². The third-order valence-corrected chi connectivity index (χ3v) is 5.50. The van der Waals surface area contributed by atoms with E-state index in [1.807, 2.05) is 12.1 Å². The molecule has 160 valence electrons. The number of aliphatic imine (C=N–C) groups is 1. The molecular weight excluding hydrogens is 396 g/mol. The van der Waals surface area contributed by atoms with E-state index < -0.39 is 5.97 Å². The molecule has 0 saturated carbocycles. The minimum Gasteiger partial charge on any atom is -0.507 e. The molecule has 4 rings (SSSR count). The number of nitrogens with zero attached hydrogens (tertiary/aromatic N) is 4. The summed E-state index contributed by atoms with van der Waals surface area (Å²) in [6.45, 7) is 5.11. The molecule has 1 saturated heterocycles. The van der Waals surface area contributed by atoms with Gasteiger partial charge in [-0.05, 0) is 31.2 Å². The first kappa shape index (κ1) is 20.5. The number of aromatic hydroxyl groups is 1. The SMILES string of the molecule is CN=Cc1cc(-c2nc(C(=O)O)c3cc(N4CCNCC4)ccc3n2)c(O)c(C)c1N. The average molecular weight is 420 g/mol. The Bertz CT molecular complexity index is 1200. The third kappa shape index (κ3) is 3.75. The van der Waals surface area contributed by atoms with Crippen LogP contribution in [0.4, 0.5) is 11.4 Å². The Hall–Kier alpha value is -3.72. The van der Waals surface area contributed by atoms with Crippen molar-refractivity contribution in [3.8, 4) is 17.1 Å². The van der Waals surface area contributed by atoms with E-state index in [9.17, 15) is 15.0 Å². The molecule has 2 heterocycles. The number of anilines is 2. The highest BCUT2D eigenvalue weighted by atomic mass is 16.4. The van der Waals surface area contributed by atoms with Crippen molar-refractivity contribution in [3.63, 3.8) is 0 Å². The van der Waals surface area contributed by atoms with Gasteiger partial charge in [-0.1, -0.05) is 0 Å². The van der Waals surface area contributed by atoms with Gasteiger partial charge < -0.3 is 26.2 Å². The van der Waals surface area contributed by atoms with E-state index in [4.69, 9.17) is 5.73 Å². The standard InChI is InChI=1S/C22H24N6O3/c1-12-18(23)13(11-24-2)9-16(20(12)29)21-26-17-4-3-14(28-7-5-25-6-8-28)10-15(17)19(27-21)22(30)31/h3-4,9-11,25,29H,5-8,23H2,1-2H3,(H,30,31). The number of hydrogen-bond donors (Lipinski definition) is 4. The largest absolute Gasteiger partial charge is 0.507 e. The van der Waals surface area contributed by atoms with Gasteiger partial charge in [0.1, 0.15) is 5.75 Å². The number of nitrogens with two attached hydrogens (primary N) is 1. The highest BCUT2D eigenvalue weighted by molar-refractivity contribution is 6.02. The quantitative estimate of drug-likeness (QED) is 0.372. The molecule has 9 heteroatoms. The number of hydrogen-bond acceptors (Lipinski definition) is 8. The van der Waals surface area contributed by atoms with Gasteiger partial charge in [-0.3, -0.25) is 4.99 Å². The van der Waals surface area contributed by atoms with Gasteiger partial charge in [0.05, 0.1) is 11.1 Å². The number of nitrogen functional groups attached to an aromatic ring is 1. The topological polar surface area (TPSA) is 137 Å². The molecule has 0 amide bonds. The first-order valence-corrected chi connectivity index (χ1v) is 9.96. The molecule has 0 atom stereocenters. The number of carboxylic acids is 1. The number of rotatable bonds is 4. The van der Waals surface area contributed by atoms with Crippen molar-refractivity contribution < 1.29 is 15.0 Å². The van der Waals surface area contributed by atoms with Crippen molar-refractivity contribution >= 4 is 34.5 Å². The Labute approximate surface area is 179 Å². The number of nitrogens with one attached hydrogen (secondary N) is 1. The number of fused-ring (bicyclic) bond motifs is 1. The minimum absolute atomic E-state index is 0.0844. The van der Waals surface area contributed by atoms with Gasteiger partial charge in [0.25, 0.3) is 0 Å². The second-order valence-electron chi connectivity index (χ2n) is 7.43. The number of aromatic nitrogens is 2. The van der Waals surface area contributed by atoms with E-state index in [0.29, 0.717) is 33.3 Å². The molecule has 5 N–H and O–H groups in total. The highest BCUT2D eigenvalue weighted by Gasteiger charge is 2.21. The monoisotopic (exact) mass is 420 g/mol. The molecule has 0 radical (unpaired) electrons. The fraction of sp³-hybridized carbons (Fsp3) is 0.273. The molecule has 0 unspecified atom stereocenters. The lowest BCUT2D eigenvalue weighted by atomic mass is 10.0. The summed E-state index contributed by atoms with van der Waals surface area (Å²) < 4.78 is 0. The zero-order valence-electron chi connectivity index (χ0n) is 17.4. The predicted octanol–water partition coefficient (Wildman–Crippen LogP) is 2.05. The molecule has 2 aromatic carbocycles. The van der Waals surface area contributed by atoms with Crippen molar-refractivity contribution in [1.82, 2.24) is 15.3 Å². The van der Waals surface area contributed by atoms with Gasteiger partial charge in [-0.15, -0.1) is 0 Å². The van der Waals surface area contributed by atoms with E-state index in [-0.39, 0.29) is 17.3 Å². The molecule has 1 fully saturated rings. The lowest BCUT2D eigenvalue weighted by Gasteiger charge is -2.29. The fourth-order valence-electron chi connectivity index (χ4n) is 3.78. The number of aromatic carboxylic acids is 1. The molecule has 3 aromatic rings. The summed E-state index contributed by atoms with van der Waals surface area (Å²) in [5.74, 6) is -1.13. The lowest BCUT2D eigenvalue weighted by molar-refractivity contribution is 0.0693. The summed E-state index contributed by atoms with van der Waals surface area (Å²) in [7, 11) is 1.62. The maximum Gasteiger partial charge on any atom is 0.355 e. The van der Waals surface area contributed by atoms with Gasteiger partial charge >= 0.3 is 5.97 Å². The van der Waals surface area contributed by atoms with Crippen LogP contribution >= 0.6 is 0 Å². The summed E-state index contributed by atoms with van der Waals surface area (Å²) in [4.78, 5) is 27.1. The summed E-state index contributed by atoms with van der Waals surface area (Å²) in [5, 5.41) is 24.3. The molecule has 1 aromatic heterocycles. The number of phenols is 1. The lowest BCUT2D eigenvalue weighted by Crippen LogP contribution is -2.43. The fourth-order valence-corrected chi connectivity index (χ4v) is 3.78. The van der Waals surface area contributed by atoms with E-state index >= 15 is 0 Å². The molecule has 0 bridgehead atoms. The van der Waals surface area contributed by atoms with Crippen LogP contribution in [0.5, 0.6) is 5.75 Å². The molecule has 0 aliphatic carbocycles. The zero-order valence-corrected chi connectivity index (χ0v) is 17.4. The van der Waals surface area contributed by atoms with Gasteiger partial charge in [-0.2, -0.15) is 0 Å². The number of phenolic OH excluding ortho intramolecular Hbond substituents is 1. The Morgan fingerprint density at radius 2 is 2.00 bits per heavy atom. The predicted molar refractivity (Wildman–Crippen MR) is 121 cm³/mol. The van der Waals surface area contributed by atoms with Crippen LogP contribution in [0.15, 0.2) is 29.3 Å². The maximum atomic E-state index is 12.0. The first-order valence-electron chi connectivity index (χ1n) is 9.96. The second kappa shape index (κ2) is 8.19. The van der Waals surface area contributed by atoms with Crippen LogP contribution < -0.4 is 16.0 Å². The summed E-state index contributed by atoms with van der Waals surface area (Å²) in [5.41, 5.74) is 9.14. The summed E-state index contributed by atoms with van der Waals surface area (Å²) in [6, 6.07) is 7.16. The molecule has 31 heavy (non-hydrogen) atoms.